The van der Waals surface area contributed by atoms with Gasteiger partial charge in [-0.2, -0.15) is 5.10 Å². The zero-order valence-electron chi connectivity index (χ0n) is 16.3. The molecule has 156 valence electrons. The zero-order chi connectivity index (χ0) is 22.2. The summed E-state index contributed by atoms with van der Waals surface area (Å²) < 4.78 is 10.5. The van der Waals surface area contributed by atoms with Crippen LogP contribution >= 0.6 is 0 Å². The lowest BCUT2D eigenvalue weighted by atomic mass is 10.2. The molecule has 0 bridgehead atoms. The minimum Gasteiger partial charge on any atom is -0.497 e. The lowest BCUT2D eigenvalue weighted by Crippen LogP contribution is -2.17. The summed E-state index contributed by atoms with van der Waals surface area (Å²) in [6.45, 7) is 0. The quantitative estimate of drug-likeness (QED) is 0.205. The monoisotopic (exact) mass is 419 g/mol. The number of hydrazone groups is 1. The molecule has 0 radical (unpaired) electrons. The molecule has 9 heteroatoms. The number of amides is 1. The van der Waals surface area contributed by atoms with Crippen molar-refractivity contribution in [2.24, 2.45) is 5.10 Å². The fourth-order valence-corrected chi connectivity index (χ4v) is 2.55. The van der Waals surface area contributed by atoms with Crippen LogP contribution in [0.1, 0.15) is 26.3 Å². The van der Waals surface area contributed by atoms with Crippen molar-refractivity contribution in [3.63, 3.8) is 0 Å². The third kappa shape index (κ3) is 5.51. The molecule has 31 heavy (non-hydrogen) atoms. The van der Waals surface area contributed by atoms with Gasteiger partial charge in [0.2, 0.25) is 0 Å². The van der Waals surface area contributed by atoms with Gasteiger partial charge in [0.05, 0.1) is 23.8 Å². The summed E-state index contributed by atoms with van der Waals surface area (Å²) in [5.41, 5.74) is 2.97. The predicted octanol–water partition coefficient (Wildman–Crippen LogP) is 3.59. The van der Waals surface area contributed by atoms with Gasteiger partial charge in [0.25, 0.3) is 11.6 Å². The topological polar surface area (TPSA) is 120 Å². The number of non-ortho nitro benzene ring substituents is 1. The number of ether oxygens (including phenoxy) is 2. The minimum absolute atomic E-state index is 0.0885. The maximum absolute atomic E-state index is 12.4. The fourth-order valence-electron chi connectivity index (χ4n) is 2.55. The molecule has 3 aromatic carbocycles. The van der Waals surface area contributed by atoms with Gasteiger partial charge in [0, 0.05) is 23.3 Å². The maximum atomic E-state index is 12.4. The van der Waals surface area contributed by atoms with E-state index in [1.54, 1.807) is 48.5 Å². The Hall–Kier alpha value is -4.53. The van der Waals surface area contributed by atoms with Crippen molar-refractivity contribution in [3.05, 3.63) is 99.6 Å². The molecule has 0 aliphatic carbocycles. The largest absolute Gasteiger partial charge is 0.497 e. The van der Waals surface area contributed by atoms with E-state index < -0.39 is 16.8 Å². The summed E-state index contributed by atoms with van der Waals surface area (Å²) in [7, 11) is 1.53. The molecule has 9 nitrogen and oxygen atoms in total. The number of rotatable bonds is 7. The molecule has 0 saturated carbocycles. The molecule has 3 rings (SSSR count). The number of hydrogen-bond donors (Lipinski definition) is 1. The summed E-state index contributed by atoms with van der Waals surface area (Å²) in [5.74, 6) is -0.322. The van der Waals surface area contributed by atoms with Crippen molar-refractivity contribution in [1.29, 1.82) is 0 Å². The van der Waals surface area contributed by atoms with Gasteiger partial charge in [-0.1, -0.05) is 18.2 Å². The Morgan fingerprint density at radius 1 is 1.00 bits per heavy atom. The Balaban J connectivity index is 1.69. The van der Waals surface area contributed by atoms with Crippen molar-refractivity contribution in [1.82, 2.24) is 5.43 Å². The SMILES string of the molecule is COc1ccc(C(=O)Oc2ccccc2/C=N\NC(=O)c2cccc([N+](=O)[O-])c2)cc1. The Bertz CT molecular complexity index is 1140. The van der Waals surface area contributed by atoms with Crippen LogP contribution in [0.15, 0.2) is 77.9 Å². The van der Waals surface area contributed by atoms with Crippen LogP contribution in [-0.2, 0) is 0 Å². The molecular formula is C22H17N3O6. The van der Waals surface area contributed by atoms with E-state index in [2.05, 4.69) is 10.5 Å². The van der Waals surface area contributed by atoms with Crippen molar-refractivity contribution in [2.45, 2.75) is 0 Å². The number of nitrogens with zero attached hydrogens (tertiary/aromatic N) is 2. The van der Waals surface area contributed by atoms with Gasteiger partial charge in [0.15, 0.2) is 0 Å². The smallest absolute Gasteiger partial charge is 0.343 e. The zero-order valence-corrected chi connectivity index (χ0v) is 16.3. The lowest BCUT2D eigenvalue weighted by molar-refractivity contribution is -0.384. The van der Waals surface area contributed by atoms with Crippen LogP contribution in [0.3, 0.4) is 0 Å². The first kappa shape index (κ1) is 21.2. The second kappa shape index (κ2) is 9.79. The van der Waals surface area contributed by atoms with E-state index in [4.69, 9.17) is 9.47 Å². The number of carbonyl (C=O) groups is 2. The molecule has 0 spiro atoms. The fraction of sp³-hybridized carbons (Fsp3) is 0.0455. The molecule has 1 amide bonds. The number of nitro benzene ring substituents is 1. The van der Waals surface area contributed by atoms with Gasteiger partial charge in [0.1, 0.15) is 11.5 Å². The number of methoxy groups -OCH3 is 1. The van der Waals surface area contributed by atoms with Gasteiger partial charge in [-0.25, -0.2) is 10.2 Å². The van der Waals surface area contributed by atoms with Crippen molar-refractivity contribution >= 4 is 23.8 Å². The minimum atomic E-state index is -0.618. The summed E-state index contributed by atoms with van der Waals surface area (Å²) in [4.78, 5) is 34.8. The average Bonchev–Trinajstić information content (AvgIpc) is 2.80. The first-order chi connectivity index (χ1) is 15.0. The predicted molar refractivity (Wildman–Crippen MR) is 113 cm³/mol. The number of para-hydroxylation sites is 1. The number of esters is 1. The molecule has 0 saturated heterocycles. The van der Waals surface area contributed by atoms with E-state index in [-0.39, 0.29) is 17.0 Å². The molecule has 0 fully saturated rings. The molecule has 0 aromatic heterocycles. The van der Waals surface area contributed by atoms with Crippen LogP contribution < -0.4 is 14.9 Å². The first-order valence-corrected chi connectivity index (χ1v) is 9.01. The second-order valence-corrected chi connectivity index (χ2v) is 6.16. The number of nitrogens with one attached hydrogen (secondary N) is 1. The van der Waals surface area contributed by atoms with E-state index in [1.807, 2.05) is 0 Å². The van der Waals surface area contributed by atoms with Gasteiger partial charge in [-0.3, -0.25) is 14.9 Å². The number of carbonyl (C=O) groups excluding carboxylic acids is 2. The van der Waals surface area contributed by atoms with Crippen LogP contribution in [0.2, 0.25) is 0 Å². The van der Waals surface area contributed by atoms with E-state index >= 15 is 0 Å². The molecule has 1 N–H and O–H groups in total. The van der Waals surface area contributed by atoms with Crippen molar-refractivity contribution in [3.8, 4) is 11.5 Å². The third-order valence-electron chi connectivity index (χ3n) is 4.14. The van der Waals surface area contributed by atoms with E-state index in [0.29, 0.717) is 16.9 Å². The van der Waals surface area contributed by atoms with Crippen molar-refractivity contribution < 1.29 is 24.0 Å². The molecule has 0 aliphatic heterocycles. The van der Waals surface area contributed by atoms with Crippen LogP contribution in [0, 0.1) is 10.1 Å². The number of nitro groups is 1. The average molecular weight is 419 g/mol. The molecule has 0 atom stereocenters. The van der Waals surface area contributed by atoms with E-state index in [9.17, 15) is 19.7 Å². The highest BCUT2D eigenvalue weighted by Crippen LogP contribution is 2.19. The molecule has 0 heterocycles. The highest BCUT2D eigenvalue weighted by Gasteiger charge is 2.12. The Labute approximate surface area is 177 Å². The normalized spacial score (nSPS) is 10.5. The molecule has 3 aromatic rings. The van der Waals surface area contributed by atoms with Gasteiger partial charge in [-0.05, 0) is 42.5 Å². The highest BCUT2D eigenvalue weighted by atomic mass is 16.6. The van der Waals surface area contributed by atoms with Gasteiger partial charge < -0.3 is 9.47 Å². The van der Waals surface area contributed by atoms with E-state index in [1.165, 1.54) is 31.5 Å². The maximum Gasteiger partial charge on any atom is 0.343 e. The summed E-state index contributed by atoms with van der Waals surface area (Å²) in [5, 5.41) is 14.7. The van der Waals surface area contributed by atoms with Gasteiger partial charge in [-0.15, -0.1) is 0 Å². The summed E-state index contributed by atoms with van der Waals surface area (Å²) in [6.07, 6.45) is 1.31. The molecule has 0 aliphatic rings. The molecule has 0 unspecified atom stereocenters. The lowest BCUT2D eigenvalue weighted by Gasteiger charge is -2.08. The van der Waals surface area contributed by atoms with Crippen LogP contribution in [0.4, 0.5) is 5.69 Å². The van der Waals surface area contributed by atoms with Crippen LogP contribution in [0.25, 0.3) is 0 Å². The van der Waals surface area contributed by atoms with E-state index in [0.717, 1.165) is 6.07 Å². The van der Waals surface area contributed by atoms with Crippen LogP contribution in [-0.4, -0.2) is 30.1 Å². The Morgan fingerprint density at radius 3 is 2.45 bits per heavy atom. The summed E-state index contributed by atoms with van der Waals surface area (Å²) in [6, 6.07) is 18.4. The third-order valence-corrected chi connectivity index (χ3v) is 4.14. The Morgan fingerprint density at radius 2 is 1.74 bits per heavy atom. The Kier molecular flexibility index (Phi) is 6.69. The molecular weight excluding hydrogens is 402 g/mol. The number of hydrogen-bond acceptors (Lipinski definition) is 7. The second-order valence-electron chi connectivity index (χ2n) is 6.16. The van der Waals surface area contributed by atoms with Crippen LogP contribution in [0.5, 0.6) is 11.5 Å². The highest BCUT2D eigenvalue weighted by molar-refractivity contribution is 5.96. The first-order valence-electron chi connectivity index (χ1n) is 9.01. The van der Waals surface area contributed by atoms with Gasteiger partial charge >= 0.3 is 5.97 Å². The van der Waals surface area contributed by atoms with Crippen molar-refractivity contribution in [2.75, 3.05) is 7.11 Å². The standard InChI is InChI=1S/C22H17N3O6/c1-30-19-11-9-15(10-12-19)22(27)31-20-8-3-2-5-17(20)14-23-24-21(26)16-6-4-7-18(13-16)25(28)29/h2-14H,1H3,(H,24,26)/b23-14-. The summed E-state index contributed by atoms with van der Waals surface area (Å²) >= 11 is 0. The number of benzene rings is 3.